The van der Waals surface area contributed by atoms with Crippen LogP contribution in [0.3, 0.4) is 0 Å². The van der Waals surface area contributed by atoms with Crippen LogP contribution in [0.4, 0.5) is 0 Å². The highest BCUT2D eigenvalue weighted by atomic mass is 35.5. The molecule has 2 heterocycles. The second kappa shape index (κ2) is 9.19. The standard InChI is InChI=1S/C19H20Cl2N4O2/c1-13-19(27-17-8-15(20)7-16(21)9-17)18(25(24-13)5-6-26)12-23-11-14-3-2-4-22-10-14/h2-4,7-10,23,26H,5-6,11-12H2,1H3. The lowest BCUT2D eigenvalue weighted by Crippen LogP contribution is -2.18. The van der Waals surface area contributed by atoms with Crippen LogP contribution in [0.2, 0.25) is 10.0 Å². The van der Waals surface area contributed by atoms with Gasteiger partial charge in [0.05, 0.1) is 18.8 Å². The van der Waals surface area contributed by atoms with Crippen molar-refractivity contribution >= 4 is 23.2 Å². The minimum atomic E-state index is -0.0147. The van der Waals surface area contributed by atoms with Gasteiger partial charge in [-0.25, -0.2) is 0 Å². The largest absolute Gasteiger partial charge is 0.453 e. The van der Waals surface area contributed by atoms with E-state index in [1.807, 2.05) is 25.3 Å². The Hall–Kier alpha value is -2.12. The van der Waals surface area contributed by atoms with Crippen molar-refractivity contribution in [1.29, 1.82) is 0 Å². The lowest BCUT2D eigenvalue weighted by atomic mass is 10.2. The molecule has 0 amide bonds. The molecule has 0 saturated carbocycles. The third-order valence-electron chi connectivity index (χ3n) is 3.89. The molecular formula is C19H20Cl2N4O2. The Kier molecular flexibility index (Phi) is 6.68. The predicted octanol–water partition coefficient (Wildman–Crippen LogP) is 3.97. The molecule has 3 aromatic rings. The van der Waals surface area contributed by atoms with Gasteiger partial charge in [0.1, 0.15) is 11.4 Å². The first kappa shape index (κ1) is 19.6. The molecule has 0 aliphatic heterocycles. The molecule has 0 spiro atoms. The van der Waals surface area contributed by atoms with Gasteiger partial charge in [0.15, 0.2) is 5.75 Å². The maximum absolute atomic E-state index is 9.35. The van der Waals surface area contributed by atoms with Crippen molar-refractivity contribution in [3.63, 3.8) is 0 Å². The number of aryl methyl sites for hydroxylation is 1. The number of hydrogen-bond acceptors (Lipinski definition) is 5. The van der Waals surface area contributed by atoms with E-state index in [-0.39, 0.29) is 6.61 Å². The monoisotopic (exact) mass is 406 g/mol. The van der Waals surface area contributed by atoms with Crippen LogP contribution in [0.1, 0.15) is 17.0 Å². The van der Waals surface area contributed by atoms with Gasteiger partial charge in [-0.05, 0) is 36.8 Å². The Morgan fingerprint density at radius 2 is 1.96 bits per heavy atom. The second-order valence-corrected chi connectivity index (χ2v) is 6.85. The highest BCUT2D eigenvalue weighted by Gasteiger charge is 2.17. The van der Waals surface area contributed by atoms with Crippen molar-refractivity contribution in [2.24, 2.45) is 0 Å². The quantitative estimate of drug-likeness (QED) is 0.591. The zero-order chi connectivity index (χ0) is 19.2. The smallest absolute Gasteiger partial charge is 0.172 e. The van der Waals surface area contributed by atoms with Gasteiger partial charge in [0.25, 0.3) is 0 Å². The fourth-order valence-electron chi connectivity index (χ4n) is 2.73. The molecule has 3 rings (SSSR count). The first-order chi connectivity index (χ1) is 13.1. The molecule has 6 nitrogen and oxygen atoms in total. The number of benzene rings is 1. The van der Waals surface area contributed by atoms with Gasteiger partial charge in [0, 0.05) is 35.5 Å². The topological polar surface area (TPSA) is 72.2 Å². The van der Waals surface area contributed by atoms with Crippen molar-refractivity contribution < 1.29 is 9.84 Å². The van der Waals surface area contributed by atoms with Gasteiger partial charge < -0.3 is 15.2 Å². The molecule has 27 heavy (non-hydrogen) atoms. The summed E-state index contributed by atoms with van der Waals surface area (Å²) in [6.07, 6.45) is 3.56. The lowest BCUT2D eigenvalue weighted by molar-refractivity contribution is 0.266. The number of aliphatic hydroxyl groups is 1. The molecule has 0 atom stereocenters. The van der Waals surface area contributed by atoms with Crippen molar-refractivity contribution in [1.82, 2.24) is 20.1 Å². The van der Waals surface area contributed by atoms with E-state index in [0.29, 0.717) is 41.2 Å². The highest BCUT2D eigenvalue weighted by molar-refractivity contribution is 6.34. The summed E-state index contributed by atoms with van der Waals surface area (Å²) >= 11 is 12.1. The number of hydrogen-bond donors (Lipinski definition) is 2. The molecule has 0 bridgehead atoms. The Morgan fingerprint density at radius 1 is 1.19 bits per heavy atom. The Morgan fingerprint density at radius 3 is 2.63 bits per heavy atom. The van der Waals surface area contributed by atoms with Crippen molar-refractivity contribution in [3.8, 4) is 11.5 Å². The first-order valence-electron chi connectivity index (χ1n) is 8.47. The summed E-state index contributed by atoms with van der Waals surface area (Å²) in [7, 11) is 0. The molecule has 0 saturated heterocycles. The minimum Gasteiger partial charge on any atom is -0.453 e. The summed E-state index contributed by atoms with van der Waals surface area (Å²) < 4.78 is 7.79. The Balaban J connectivity index is 1.81. The van der Waals surface area contributed by atoms with Crippen LogP contribution in [-0.2, 0) is 19.6 Å². The van der Waals surface area contributed by atoms with Crippen LogP contribution < -0.4 is 10.1 Å². The molecule has 2 N–H and O–H groups in total. The summed E-state index contributed by atoms with van der Waals surface area (Å²) in [5, 5.41) is 18.2. The third-order valence-corrected chi connectivity index (χ3v) is 4.32. The average molecular weight is 407 g/mol. The molecule has 0 aliphatic carbocycles. The van der Waals surface area contributed by atoms with E-state index in [4.69, 9.17) is 27.9 Å². The van der Waals surface area contributed by atoms with E-state index in [1.54, 1.807) is 29.1 Å². The van der Waals surface area contributed by atoms with Crippen LogP contribution in [0.15, 0.2) is 42.7 Å². The number of aliphatic hydroxyl groups excluding tert-OH is 1. The summed E-state index contributed by atoms with van der Waals surface area (Å²) in [5.41, 5.74) is 2.63. The number of nitrogens with one attached hydrogen (secondary N) is 1. The van der Waals surface area contributed by atoms with Gasteiger partial charge >= 0.3 is 0 Å². The van der Waals surface area contributed by atoms with Gasteiger partial charge in [-0.3, -0.25) is 9.67 Å². The van der Waals surface area contributed by atoms with E-state index in [1.165, 1.54) is 0 Å². The van der Waals surface area contributed by atoms with Crippen LogP contribution >= 0.6 is 23.2 Å². The van der Waals surface area contributed by atoms with Crippen LogP contribution in [-0.4, -0.2) is 26.5 Å². The third kappa shape index (κ3) is 5.20. The fourth-order valence-corrected chi connectivity index (χ4v) is 3.24. The maximum Gasteiger partial charge on any atom is 0.172 e. The van der Waals surface area contributed by atoms with Gasteiger partial charge in [-0.15, -0.1) is 0 Å². The molecule has 0 unspecified atom stereocenters. The molecule has 0 radical (unpaired) electrons. The SMILES string of the molecule is Cc1nn(CCO)c(CNCc2cccnc2)c1Oc1cc(Cl)cc(Cl)c1. The molecule has 8 heteroatoms. The van der Waals surface area contributed by atoms with Crippen LogP contribution in [0, 0.1) is 6.92 Å². The molecule has 0 fully saturated rings. The van der Waals surface area contributed by atoms with Crippen molar-refractivity contribution in [2.75, 3.05) is 6.61 Å². The molecule has 2 aromatic heterocycles. The fraction of sp³-hybridized carbons (Fsp3) is 0.263. The zero-order valence-corrected chi connectivity index (χ0v) is 16.3. The van der Waals surface area contributed by atoms with E-state index in [9.17, 15) is 5.11 Å². The van der Waals surface area contributed by atoms with Gasteiger partial charge in [-0.1, -0.05) is 29.3 Å². The number of ether oxygens (including phenoxy) is 1. The molecular weight excluding hydrogens is 387 g/mol. The number of aromatic nitrogens is 3. The Labute approximate surface area is 167 Å². The molecule has 0 aliphatic rings. The van der Waals surface area contributed by atoms with Gasteiger partial charge in [-0.2, -0.15) is 5.10 Å². The maximum atomic E-state index is 9.35. The minimum absolute atomic E-state index is 0.0147. The normalized spacial score (nSPS) is 11.0. The Bertz CT molecular complexity index is 880. The average Bonchev–Trinajstić information content (AvgIpc) is 2.91. The highest BCUT2D eigenvalue weighted by Crippen LogP contribution is 2.32. The van der Waals surface area contributed by atoms with E-state index >= 15 is 0 Å². The van der Waals surface area contributed by atoms with Crippen molar-refractivity contribution in [3.05, 3.63) is 69.7 Å². The summed E-state index contributed by atoms with van der Waals surface area (Å²) in [6.45, 7) is 3.39. The summed E-state index contributed by atoms with van der Waals surface area (Å²) in [6, 6.07) is 8.94. The zero-order valence-electron chi connectivity index (χ0n) is 14.8. The van der Waals surface area contributed by atoms with Crippen LogP contribution in [0.5, 0.6) is 11.5 Å². The van der Waals surface area contributed by atoms with Gasteiger partial charge in [0.2, 0.25) is 0 Å². The number of nitrogens with zero attached hydrogens (tertiary/aromatic N) is 3. The number of rotatable bonds is 8. The number of halogens is 2. The summed E-state index contributed by atoms with van der Waals surface area (Å²) in [4.78, 5) is 4.11. The summed E-state index contributed by atoms with van der Waals surface area (Å²) in [5.74, 6) is 1.16. The van der Waals surface area contributed by atoms with E-state index < -0.39 is 0 Å². The number of pyridine rings is 1. The molecule has 1 aromatic carbocycles. The van der Waals surface area contributed by atoms with E-state index in [2.05, 4.69) is 15.4 Å². The second-order valence-electron chi connectivity index (χ2n) is 5.98. The first-order valence-corrected chi connectivity index (χ1v) is 9.23. The predicted molar refractivity (Wildman–Crippen MR) is 105 cm³/mol. The molecule has 142 valence electrons. The lowest BCUT2D eigenvalue weighted by Gasteiger charge is -2.12. The van der Waals surface area contributed by atoms with Crippen molar-refractivity contribution in [2.45, 2.75) is 26.6 Å². The van der Waals surface area contributed by atoms with Crippen LogP contribution in [0.25, 0.3) is 0 Å². The van der Waals surface area contributed by atoms with E-state index in [0.717, 1.165) is 17.0 Å².